The summed E-state index contributed by atoms with van der Waals surface area (Å²) in [5, 5.41) is 5.49. The van der Waals surface area contributed by atoms with Crippen molar-refractivity contribution < 1.29 is 19.1 Å². The van der Waals surface area contributed by atoms with Crippen LogP contribution in [-0.2, 0) is 14.3 Å². The van der Waals surface area contributed by atoms with Gasteiger partial charge in [0.15, 0.2) is 0 Å². The second-order valence-electron chi connectivity index (χ2n) is 5.08. The number of alkyl carbamates (subject to hydrolysis) is 1. The fourth-order valence-corrected chi connectivity index (χ4v) is 2.35. The Morgan fingerprint density at radius 1 is 1.26 bits per heavy atom. The van der Waals surface area contributed by atoms with Crippen molar-refractivity contribution in [3.05, 3.63) is 0 Å². The minimum Gasteiger partial charge on any atom is -0.453 e. The highest BCUT2D eigenvalue weighted by molar-refractivity contribution is 5.86. The molecule has 6 nitrogen and oxygen atoms in total. The summed E-state index contributed by atoms with van der Waals surface area (Å²) in [5.41, 5.74) is 0. The molecule has 1 rings (SSSR count). The van der Waals surface area contributed by atoms with Crippen LogP contribution >= 0.6 is 0 Å². The third-order valence-electron chi connectivity index (χ3n) is 3.77. The van der Waals surface area contributed by atoms with Gasteiger partial charge in [-0.2, -0.15) is 0 Å². The Kier molecular flexibility index (Phi) is 6.08. The second kappa shape index (κ2) is 7.33. The molecule has 110 valence electrons. The average Bonchev–Trinajstić information content (AvgIpc) is 2.80. The summed E-state index contributed by atoms with van der Waals surface area (Å²) in [5.74, 6) is 0.249. The summed E-state index contributed by atoms with van der Waals surface area (Å²) < 4.78 is 9.67. The molecular formula is C13H24N2O4. The van der Waals surface area contributed by atoms with Gasteiger partial charge in [0.05, 0.1) is 13.2 Å². The van der Waals surface area contributed by atoms with E-state index in [4.69, 9.17) is 4.74 Å². The van der Waals surface area contributed by atoms with E-state index in [0.717, 1.165) is 19.3 Å². The second-order valence-corrected chi connectivity index (χ2v) is 5.08. The molecule has 2 N–H and O–H groups in total. The molecule has 0 bridgehead atoms. The van der Waals surface area contributed by atoms with Crippen LogP contribution in [0.4, 0.5) is 4.79 Å². The minimum atomic E-state index is -0.745. The highest BCUT2D eigenvalue weighted by atomic mass is 16.5. The van der Waals surface area contributed by atoms with Crippen molar-refractivity contribution >= 4 is 12.0 Å². The fraction of sp³-hybridized carbons (Fsp3) is 0.846. The molecule has 0 saturated heterocycles. The summed E-state index contributed by atoms with van der Waals surface area (Å²) >= 11 is 0. The number of ether oxygens (including phenoxy) is 2. The monoisotopic (exact) mass is 272 g/mol. The van der Waals surface area contributed by atoms with E-state index in [-0.39, 0.29) is 11.9 Å². The molecule has 1 aliphatic carbocycles. The highest BCUT2D eigenvalue weighted by Gasteiger charge is 2.31. The van der Waals surface area contributed by atoms with Gasteiger partial charge < -0.3 is 20.1 Å². The predicted molar refractivity (Wildman–Crippen MR) is 70.7 cm³/mol. The van der Waals surface area contributed by atoms with Gasteiger partial charge in [0.1, 0.15) is 6.04 Å². The van der Waals surface area contributed by atoms with Gasteiger partial charge in [-0.25, -0.2) is 4.79 Å². The molecule has 1 saturated carbocycles. The lowest BCUT2D eigenvalue weighted by Gasteiger charge is -2.25. The number of carbonyl (C=O) groups is 2. The zero-order chi connectivity index (χ0) is 14.4. The van der Waals surface area contributed by atoms with E-state index in [1.807, 2.05) is 0 Å². The third kappa shape index (κ3) is 4.38. The van der Waals surface area contributed by atoms with E-state index < -0.39 is 18.2 Å². The summed E-state index contributed by atoms with van der Waals surface area (Å²) in [6.07, 6.45) is 2.18. The highest BCUT2D eigenvalue weighted by Crippen LogP contribution is 2.24. The average molecular weight is 272 g/mol. The SMILES string of the molecule is COC(=O)N[C@H](C(=O)N[C@H]1CCC[C@@H]1C)[C@@H](C)OC. The minimum absolute atomic E-state index is 0.179. The van der Waals surface area contributed by atoms with Crippen molar-refractivity contribution in [2.24, 2.45) is 5.92 Å². The standard InChI is InChI=1S/C13H24N2O4/c1-8-6-5-7-10(8)14-12(16)11(9(2)18-3)15-13(17)19-4/h8-11H,5-7H2,1-4H3,(H,14,16)(H,15,17)/t8-,9+,10-,11-/m0/s1. The summed E-state index contributed by atoms with van der Waals surface area (Å²) in [4.78, 5) is 23.5. The Labute approximate surface area is 114 Å². The Morgan fingerprint density at radius 3 is 2.42 bits per heavy atom. The van der Waals surface area contributed by atoms with Crippen molar-refractivity contribution in [2.75, 3.05) is 14.2 Å². The molecule has 6 heteroatoms. The van der Waals surface area contributed by atoms with Crippen molar-refractivity contribution in [3.8, 4) is 0 Å². The number of methoxy groups -OCH3 is 2. The lowest BCUT2D eigenvalue weighted by atomic mass is 10.1. The molecule has 2 amide bonds. The summed E-state index contributed by atoms with van der Waals surface area (Å²) in [6.45, 7) is 3.86. The van der Waals surface area contributed by atoms with E-state index in [2.05, 4.69) is 22.3 Å². The smallest absolute Gasteiger partial charge is 0.407 e. The lowest BCUT2D eigenvalue weighted by Crippen LogP contribution is -2.55. The van der Waals surface area contributed by atoms with Crippen molar-refractivity contribution in [1.82, 2.24) is 10.6 Å². The van der Waals surface area contributed by atoms with Gasteiger partial charge in [-0.1, -0.05) is 13.3 Å². The fourth-order valence-electron chi connectivity index (χ4n) is 2.35. The summed E-state index contributed by atoms with van der Waals surface area (Å²) in [7, 11) is 2.77. The van der Waals surface area contributed by atoms with E-state index in [1.54, 1.807) is 6.92 Å². The zero-order valence-corrected chi connectivity index (χ0v) is 12.1. The predicted octanol–water partition coefficient (Wildman–Crippen LogP) is 1.05. The molecule has 1 fully saturated rings. The van der Waals surface area contributed by atoms with E-state index in [9.17, 15) is 9.59 Å². The van der Waals surface area contributed by atoms with Crippen molar-refractivity contribution in [3.63, 3.8) is 0 Å². The Balaban J connectivity index is 2.62. The summed E-state index contributed by atoms with van der Waals surface area (Å²) in [6, 6.07) is -0.566. The van der Waals surface area contributed by atoms with Crippen molar-refractivity contribution in [2.45, 2.75) is 51.3 Å². The molecule has 0 heterocycles. The van der Waals surface area contributed by atoms with Gasteiger partial charge in [-0.05, 0) is 25.7 Å². The number of hydrogen-bond donors (Lipinski definition) is 2. The largest absolute Gasteiger partial charge is 0.453 e. The Morgan fingerprint density at radius 2 is 1.95 bits per heavy atom. The van der Waals surface area contributed by atoms with Crippen LogP contribution in [0.1, 0.15) is 33.1 Å². The molecule has 4 atom stereocenters. The van der Waals surface area contributed by atoms with Crippen LogP contribution in [0.15, 0.2) is 0 Å². The molecular weight excluding hydrogens is 248 g/mol. The number of amides is 2. The zero-order valence-electron chi connectivity index (χ0n) is 12.1. The first-order valence-electron chi connectivity index (χ1n) is 6.67. The molecule has 19 heavy (non-hydrogen) atoms. The molecule has 0 aromatic heterocycles. The van der Waals surface area contributed by atoms with Crippen LogP contribution in [0, 0.1) is 5.92 Å². The molecule has 0 aromatic carbocycles. The first-order valence-corrected chi connectivity index (χ1v) is 6.67. The van der Waals surface area contributed by atoms with Gasteiger partial charge in [0.25, 0.3) is 0 Å². The molecule has 0 unspecified atom stereocenters. The Bertz CT molecular complexity index is 322. The first kappa shape index (κ1) is 15.8. The maximum atomic E-state index is 12.2. The normalized spacial score (nSPS) is 25.5. The van der Waals surface area contributed by atoms with Crippen LogP contribution < -0.4 is 10.6 Å². The van der Waals surface area contributed by atoms with Gasteiger partial charge >= 0.3 is 6.09 Å². The van der Waals surface area contributed by atoms with Gasteiger partial charge in [-0.15, -0.1) is 0 Å². The van der Waals surface area contributed by atoms with E-state index in [0.29, 0.717) is 5.92 Å². The van der Waals surface area contributed by atoms with Gasteiger partial charge in [0, 0.05) is 13.2 Å². The molecule has 0 aromatic rings. The molecule has 0 radical (unpaired) electrons. The number of carbonyl (C=O) groups excluding carboxylic acids is 2. The molecule has 1 aliphatic rings. The molecule has 0 aliphatic heterocycles. The number of rotatable bonds is 5. The van der Waals surface area contributed by atoms with E-state index >= 15 is 0 Å². The number of hydrogen-bond acceptors (Lipinski definition) is 4. The van der Waals surface area contributed by atoms with Crippen LogP contribution in [-0.4, -0.2) is 44.4 Å². The van der Waals surface area contributed by atoms with Gasteiger partial charge in [0.2, 0.25) is 5.91 Å². The third-order valence-corrected chi connectivity index (χ3v) is 3.77. The van der Waals surface area contributed by atoms with Crippen LogP contribution in [0.25, 0.3) is 0 Å². The molecule has 0 spiro atoms. The van der Waals surface area contributed by atoms with E-state index in [1.165, 1.54) is 14.2 Å². The maximum absolute atomic E-state index is 12.2. The topological polar surface area (TPSA) is 76.7 Å². The first-order chi connectivity index (χ1) is 8.99. The maximum Gasteiger partial charge on any atom is 0.407 e. The quantitative estimate of drug-likeness (QED) is 0.784. The van der Waals surface area contributed by atoms with Crippen LogP contribution in [0.2, 0.25) is 0 Å². The van der Waals surface area contributed by atoms with Crippen LogP contribution in [0.5, 0.6) is 0 Å². The Hall–Kier alpha value is -1.30. The lowest BCUT2D eigenvalue weighted by molar-refractivity contribution is -0.127. The van der Waals surface area contributed by atoms with Gasteiger partial charge in [-0.3, -0.25) is 4.79 Å². The van der Waals surface area contributed by atoms with Crippen LogP contribution in [0.3, 0.4) is 0 Å². The van der Waals surface area contributed by atoms with Crippen molar-refractivity contribution in [1.29, 1.82) is 0 Å². The number of nitrogens with one attached hydrogen (secondary N) is 2.